The Hall–Kier alpha value is 0.650. The average Bonchev–Trinajstić information content (AvgIpc) is 2.14. The fraction of sp³-hybridized carbons (Fsp3) is 1.00. The molecule has 0 aromatic rings. The normalized spacial score (nSPS) is 31.5. The molecular weight excluding hydrogens is 217 g/mol. The number of rotatable bonds is 1. The molecule has 0 spiro atoms. The van der Waals surface area contributed by atoms with E-state index in [0.29, 0.717) is 12.5 Å². The van der Waals surface area contributed by atoms with Crippen molar-refractivity contribution in [2.24, 2.45) is 5.92 Å². The minimum Gasteiger partial charge on any atom is -0.396 e. The first-order valence-electron chi connectivity index (χ1n) is 2.84. The molecule has 8 heavy (non-hydrogen) atoms. The molecule has 1 heterocycles. The van der Waals surface area contributed by atoms with Gasteiger partial charge in [-0.2, -0.15) is 0 Å². The number of aliphatic hydroxyl groups is 1. The van der Waals surface area contributed by atoms with Gasteiger partial charge in [-0.1, -0.05) is 0 Å². The van der Waals surface area contributed by atoms with E-state index in [2.05, 4.69) is 26.0 Å². The van der Waals surface area contributed by atoms with Gasteiger partial charge in [0.05, 0.1) is 0 Å². The fourth-order valence-corrected chi connectivity index (χ4v) is 1.77. The van der Waals surface area contributed by atoms with Crippen LogP contribution in [0.2, 0.25) is 0 Å². The van der Waals surface area contributed by atoms with E-state index >= 15 is 0 Å². The molecule has 48 valence electrons. The molecule has 1 aliphatic heterocycles. The van der Waals surface area contributed by atoms with E-state index < -0.39 is 0 Å². The van der Waals surface area contributed by atoms with Gasteiger partial charge < -0.3 is 5.11 Å². The van der Waals surface area contributed by atoms with E-state index in [1.807, 2.05) is 0 Å². The molecule has 1 unspecified atom stereocenters. The second kappa shape index (κ2) is 2.98. The molecule has 1 atom stereocenters. The standard InChI is InChI=1S/C5H10INO/c6-7-2-1-5(3-7)4-8/h5,8H,1-4H2. The Morgan fingerprint density at radius 1 is 1.75 bits per heavy atom. The Bertz CT molecular complexity index is 78.8. The minimum absolute atomic E-state index is 0.361. The monoisotopic (exact) mass is 227 g/mol. The maximum Gasteiger partial charge on any atom is 0.0472 e. The average molecular weight is 227 g/mol. The minimum atomic E-state index is 0.361. The maximum absolute atomic E-state index is 8.65. The SMILES string of the molecule is OCC1CCN(I)C1. The number of hydrogen-bond donors (Lipinski definition) is 1. The molecule has 1 aliphatic rings. The van der Waals surface area contributed by atoms with Gasteiger partial charge in [-0.15, -0.1) is 0 Å². The molecule has 1 N–H and O–H groups in total. The van der Waals surface area contributed by atoms with Crippen molar-refractivity contribution < 1.29 is 5.11 Å². The quantitative estimate of drug-likeness (QED) is 0.525. The Morgan fingerprint density at radius 2 is 2.50 bits per heavy atom. The van der Waals surface area contributed by atoms with Crippen LogP contribution in [0.5, 0.6) is 0 Å². The Balaban J connectivity index is 2.22. The summed E-state index contributed by atoms with van der Waals surface area (Å²) in [5.74, 6) is 0.548. The Morgan fingerprint density at radius 3 is 2.75 bits per heavy atom. The summed E-state index contributed by atoms with van der Waals surface area (Å²) >= 11 is 2.29. The van der Waals surface area contributed by atoms with Crippen LogP contribution in [0.1, 0.15) is 6.42 Å². The topological polar surface area (TPSA) is 23.5 Å². The number of nitrogens with zero attached hydrogens (tertiary/aromatic N) is 1. The fourth-order valence-electron chi connectivity index (χ4n) is 0.934. The summed E-state index contributed by atoms with van der Waals surface area (Å²) in [6.07, 6.45) is 1.17. The van der Waals surface area contributed by atoms with Crippen molar-refractivity contribution in [1.29, 1.82) is 0 Å². The molecule has 0 aliphatic carbocycles. The van der Waals surface area contributed by atoms with Crippen LogP contribution in [0.3, 0.4) is 0 Å². The highest BCUT2D eigenvalue weighted by atomic mass is 127. The van der Waals surface area contributed by atoms with Crippen molar-refractivity contribution in [2.75, 3.05) is 19.7 Å². The summed E-state index contributed by atoms with van der Waals surface area (Å²) < 4.78 is 2.22. The molecule has 0 bridgehead atoms. The van der Waals surface area contributed by atoms with E-state index in [9.17, 15) is 0 Å². The first-order valence-corrected chi connectivity index (χ1v) is 3.81. The van der Waals surface area contributed by atoms with E-state index in [1.165, 1.54) is 6.42 Å². The Labute approximate surface area is 63.4 Å². The summed E-state index contributed by atoms with van der Waals surface area (Å²) in [6, 6.07) is 0. The third-order valence-electron chi connectivity index (χ3n) is 1.49. The first-order chi connectivity index (χ1) is 3.83. The zero-order chi connectivity index (χ0) is 5.98. The highest BCUT2D eigenvalue weighted by molar-refractivity contribution is 14.1. The van der Waals surface area contributed by atoms with Gasteiger partial charge in [-0.25, -0.2) is 3.11 Å². The van der Waals surface area contributed by atoms with Crippen molar-refractivity contribution >= 4 is 22.9 Å². The lowest BCUT2D eigenvalue weighted by Crippen LogP contribution is -2.09. The smallest absolute Gasteiger partial charge is 0.0472 e. The van der Waals surface area contributed by atoms with Gasteiger partial charge in [0.2, 0.25) is 0 Å². The molecule has 1 saturated heterocycles. The van der Waals surface area contributed by atoms with Crippen LogP contribution < -0.4 is 0 Å². The van der Waals surface area contributed by atoms with Crippen molar-refractivity contribution in [3.05, 3.63) is 0 Å². The van der Waals surface area contributed by atoms with Gasteiger partial charge in [-0.05, 0) is 12.3 Å². The van der Waals surface area contributed by atoms with Gasteiger partial charge in [0.15, 0.2) is 0 Å². The van der Waals surface area contributed by atoms with Crippen LogP contribution in [0.4, 0.5) is 0 Å². The van der Waals surface area contributed by atoms with Crippen LogP contribution >= 0.6 is 22.9 Å². The van der Waals surface area contributed by atoms with E-state index in [4.69, 9.17) is 5.11 Å². The number of hydrogen-bond acceptors (Lipinski definition) is 2. The van der Waals surface area contributed by atoms with Gasteiger partial charge in [0.25, 0.3) is 0 Å². The van der Waals surface area contributed by atoms with Crippen molar-refractivity contribution in [3.63, 3.8) is 0 Å². The number of aliphatic hydroxyl groups excluding tert-OH is 1. The molecule has 0 radical (unpaired) electrons. The van der Waals surface area contributed by atoms with Gasteiger partial charge in [0.1, 0.15) is 0 Å². The third kappa shape index (κ3) is 1.56. The molecule has 1 rings (SSSR count). The second-order valence-corrected chi connectivity index (χ2v) is 3.57. The summed E-state index contributed by atoms with van der Waals surface area (Å²) in [7, 11) is 0. The lowest BCUT2D eigenvalue weighted by Gasteiger charge is -2.02. The maximum atomic E-state index is 8.65. The zero-order valence-electron chi connectivity index (χ0n) is 4.68. The zero-order valence-corrected chi connectivity index (χ0v) is 6.84. The second-order valence-electron chi connectivity index (χ2n) is 2.21. The molecule has 3 heteroatoms. The highest BCUT2D eigenvalue weighted by Crippen LogP contribution is 2.17. The summed E-state index contributed by atoms with van der Waals surface area (Å²) in [5.41, 5.74) is 0. The van der Waals surface area contributed by atoms with Crippen LogP contribution in [0, 0.1) is 5.92 Å². The predicted molar refractivity (Wildman–Crippen MR) is 40.8 cm³/mol. The summed E-state index contributed by atoms with van der Waals surface area (Å²) in [5, 5.41) is 8.65. The van der Waals surface area contributed by atoms with E-state index in [1.54, 1.807) is 0 Å². The van der Waals surface area contributed by atoms with Crippen LogP contribution in [-0.2, 0) is 0 Å². The largest absolute Gasteiger partial charge is 0.396 e. The summed E-state index contributed by atoms with van der Waals surface area (Å²) in [4.78, 5) is 0. The van der Waals surface area contributed by atoms with Crippen LogP contribution in [0.25, 0.3) is 0 Å². The van der Waals surface area contributed by atoms with Gasteiger partial charge in [-0.3, -0.25) is 0 Å². The van der Waals surface area contributed by atoms with Gasteiger partial charge >= 0.3 is 0 Å². The third-order valence-corrected chi connectivity index (χ3v) is 2.37. The summed E-state index contributed by atoms with van der Waals surface area (Å²) in [6.45, 7) is 2.57. The molecule has 0 aromatic carbocycles. The van der Waals surface area contributed by atoms with Crippen LogP contribution in [-0.4, -0.2) is 27.9 Å². The molecule has 0 saturated carbocycles. The molecule has 0 amide bonds. The molecular formula is C5H10INO. The predicted octanol–water partition coefficient (Wildman–Crippen LogP) is 0.651. The first kappa shape index (κ1) is 6.77. The van der Waals surface area contributed by atoms with E-state index in [0.717, 1.165) is 13.1 Å². The van der Waals surface area contributed by atoms with Crippen LogP contribution in [0.15, 0.2) is 0 Å². The molecule has 0 aromatic heterocycles. The number of halogens is 1. The highest BCUT2D eigenvalue weighted by Gasteiger charge is 2.18. The lowest BCUT2D eigenvalue weighted by molar-refractivity contribution is 0.235. The van der Waals surface area contributed by atoms with Gasteiger partial charge in [0, 0.05) is 42.6 Å². The van der Waals surface area contributed by atoms with E-state index in [-0.39, 0.29) is 0 Å². The lowest BCUT2D eigenvalue weighted by atomic mass is 10.1. The molecule has 2 nitrogen and oxygen atoms in total. The van der Waals surface area contributed by atoms with Crippen molar-refractivity contribution in [3.8, 4) is 0 Å². The van der Waals surface area contributed by atoms with Crippen molar-refractivity contribution in [1.82, 2.24) is 3.11 Å². The molecule has 1 fully saturated rings. The Kier molecular flexibility index (Phi) is 2.52. The van der Waals surface area contributed by atoms with Crippen molar-refractivity contribution in [2.45, 2.75) is 6.42 Å².